The number of amides is 3. The number of alkyl carbamates (subject to hydrolysis) is 1. The van der Waals surface area contributed by atoms with Gasteiger partial charge < -0.3 is 34.1 Å². The quantitative estimate of drug-likeness (QED) is 0.184. The van der Waals surface area contributed by atoms with Gasteiger partial charge in [0.15, 0.2) is 0 Å². The molecule has 6 atom stereocenters. The molecule has 4 aliphatic heterocycles. The van der Waals surface area contributed by atoms with E-state index in [1.54, 1.807) is 7.11 Å². The number of carbonyl (C=O) groups excluding carboxylic acids is 3. The second-order valence-corrected chi connectivity index (χ2v) is 17.9. The molecule has 1 aliphatic carbocycles. The highest BCUT2D eigenvalue weighted by atomic mass is 16.6. The van der Waals surface area contributed by atoms with Crippen molar-refractivity contribution >= 4 is 40.3 Å². The van der Waals surface area contributed by atoms with E-state index in [0.29, 0.717) is 32.1 Å². The monoisotopic (exact) mass is 788 g/mol. The summed E-state index contributed by atoms with van der Waals surface area (Å²) in [5, 5.41) is 4.96. The summed E-state index contributed by atoms with van der Waals surface area (Å²) >= 11 is 0. The molecule has 13 heteroatoms. The average molecular weight is 789 g/mol. The van der Waals surface area contributed by atoms with E-state index in [0.717, 1.165) is 86.5 Å². The number of ether oxygens (including phenoxy) is 4. The maximum atomic E-state index is 13.9. The van der Waals surface area contributed by atoms with Gasteiger partial charge in [-0.2, -0.15) is 0 Å². The summed E-state index contributed by atoms with van der Waals surface area (Å²) in [4.78, 5) is 56.5. The van der Waals surface area contributed by atoms with E-state index in [1.807, 2.05) is 50.6 Å². The largest absolute Gasteiger partial charge is 0.488 e. The van der Waals surface area contributed by atoms with Crippen molar-refractivity contribution in [3.05, 3.63) is 65.6 Å². The first-order valence-electron chi connectivity index (χ1n) is 20.4. The fourth-order valence-electron chi connectivity index (χ4n) is 9.54. The van der Waals surface area contributed by atoms with Crippen molar-refractivity contribution in [1.29, 1.82) is 0 Å². The molecule has 1 unspecified atom stereocenters. The van der Waals surface area contributed by atoms with Gasteiger partial charge in [-0.3, -0.25) is 14.7 Å². The molecule has 1 saturated carbocycles. The van der Waals surface area contributed by atoms with Crippen LogP contribution < -0.4 is 10.1 Å². The summed E-state index contributed by atoms with van der Waals surface area (Å²) in [5.74, 6) is 2.04. The summed E-state index contributed by atoms with van der Waals surface area (Å²) < 4.78 is 22.6. The van der Waals surface area contributed by atoms with Crippen molar-refractivity contribution < 1.29 is 33.3 Å². The van der Waals surface area contributed by atoms with Gasteiger partial charge in [0.2, 0.25) is 5.91 Å². The molecule has 0 bridgehead atoms. The zero-order chi connectivity index (χ0) is 40.6. The Kier molecular flexibility index (Phi) is 9.49. The minimum absolute atomic E-state index is 0.0990. The molecule has 2 N–H and O–H groups in total. The van der Waals surface area contributed by atoms with Crippen LogP contribution in [0.25, 0.3) is 33.2 Å². The molecule has 304 valence electrons. The summed E-state index contributed by atoms with van der Waals surface area (Å²) in [7, 11) is 3.01. The number of aromatic amines is 1. The van der Waals surface area contributed by atoms with Crippen LogP contribution in [-0.4, -0.2) is 94.7 Å². The number of imidazole rings is 1. The van der Waals surface area contributed by atoms with Crippen molar-refractivity contribution in [3.63, 3.8) is 0 Å². The van der Waals surface area contributed by atoms with Gasteiger partial charge in [0, 0.05) is 43.3 Å². The highest BCUT2D eigenvalue weighted by Crippen LogP contribution is 2.53. The van der Waals surface area contributed by atoms with Crippen LogP contribution in [0.15, 0.2) is 53.7 Å². The third-order valence-corrected chi connectivity index (χ3v) is 12.4. The second kappa shape index (κ2) is 14.4. The number of nitrogens with zero attached hydrogens (tertiary/aromatic N) is 4. The number of aromatic nitrogens is 2. The predicted molar refractivity (Wildman–Crippen MR) is 219 cm³/mol. The van der Waals surface area contributed by atoms with E-state index in [-0.39, 0.29) is 42.0 Å². The van der Waals surface area contributed by atoms with Crippen LogP contribution in [0.1, 0.15) is 76.9 Å². The van der Waals surface area contributed by atoms with Crippen molar-refractivity contribution in [2.45, 2.75) is 96.7 Å². The Morgan fingerprint density at radius 2 is 1.84 bits per heavy atom. The number of H-pyrrole nitrogens is 1. The lowest BCUT2D eigenvalue weighted by Crippen LogP contribution is -2.52. The lowest BCUT2D eigenvalue weighted by Gasteiger charge is -2.31. The SMILES string of the molecule is COC[C@H]1C[C@@H](C2=Nc3ccc4cc5c(cc4c3C2)OCc2cc(-c3cnc([C@@H]4CC6C[C@H]6N4C(=O)[C@@H](NC(=O)OC)C(C)C)[nH]3)ccc2-5)N(C(=O)OC(C)(C)C)C1. The number of methoxy groups -OCH3 is 2. The normalized spacial score (nSPS) is 23.4. The number of hydrogen-bond acceptors (Lipinski definition) is 9. The van der Waals surface area contributed by atoms with Crippen LogP contribution in [0.5, 0.6) is 5.75 Å². The lowest BCUT2D eigenvalue weighted by atomic mass is 9.90. The number of likely N-dealkylation sites (tertiary alicyclic amines) is 2. The summed E-state index contributed by atoms with van der Waals surface area (Å²) in [5.41, 5.74) is 7.56. The van der Waals surface area contributed by atoms with E-state index in [1.165, 1.54) is 7.11 Å². The van der Waals surface area contributed by atoms with Gasteiger partial charge in [-0.1, -0.05) is 32.0 Å². The van der Waals surface area contributed by atoms with Gasteiger partial charge >= 0.3 is 12.2 Å². The predicted octanol–water partition coefficient (Wildman–Crippen LogP) is 7.73. The Labute approximate surface area is 338 Å². The van der Waals surface area contributed by atoms with Crippen molar-refractivity contribution in [2.75, 3.05) is 27.4 Å². The molecule has 3 aromatic carbocycles. The lowest BCUT2D eigenvalue weighted by molar-refractivity contribution is -0.136. The van der Waals surface area contributed by atoms with Gasteiger partial charge in [-0.15, -0.1) is 0 Å². The topological polar surface area (TPSA) is 148 Å². The molecule has 0 radical (unpaired) electrons. The van der Waals surface area contributed by atoms with Crippen molar-refractivity contribution in [1.82, 2.24) is 25.1 Å². The fourth-order valence-corrected chi connectivity index (χ4v) is 9.54. The molecule has 3 amide bonds. The van der Waals surface area contributed by atoms with Gasteiger partial charge in [-0.05, 0) is 109 Å². The standard InChI is InChI=1S/C45H52N6O7/c1-23(2)40(49-43(53)56-7)42(52)51-36-15-27(36)16-38(51)41-46-19-35(48-41)26-8-10-29-28(13-26)22-57-39-18-30-25(14-32(29)39)9-11-33-31(30)17-34(47-33)37-12-24(21-55-6)20-50(37)44(54)58-45(3,4)5/h8-11,13-14,18-19,23-24,27,36-38,40H,12,15-17,20-22H2,1-7H3,(H,46,48)(H,49,53)/t24-,27?,36+,37-,38-,40-/m0/s1. The third kappa shape index (κ3) is 6.86. The zero-order valence-electron chi connectivity index (χ0n) is 34.3. The number of piperidine rings is 1. The first-order valence-corrected chi connectivity index (χ1v) is 20.4. The Balaban J connectivity index is 0.944. The molecular weight excluding hydrogens is 737 g/mol. The first-order chi connectivity index (χ1) is 27.8. The van der Waals surface area contributed by atoms with E-state index in [9.17, 15) is 14.4 Å². The van der Waals surface area contributed by atoms with E-state index >= 15 is 0 Å². The molecule has 3 fully saturated rings. The third-order valence-electron chi connectivity index (χ3n) is 12.4. The molecule has 13 nitrogen and oxygen atoms in total. The minimum atomic E-state index is -0.681. The Hall–Kier alpha value is -5.43. The second-order valence-electron chi connectivity index (χ2n) is 17.9. The first kappa shape index (κ1) is 38.1. The van der Waals surface area contributed by atoms with Crippen LogP contribution in [0.3, 0.4) is 0 Å². The van der Waals surface area contributed by atoms with Gasteiger partial charge in [-0.25, -0.2) is 14.6 Å². The molecule has 58 heavy (non-hydrogen) atoms. The van der Waals surface area contributed by atoms with Crippen molar-refractivity contribution in [2.24, 2.45) is 22.7 Å². The van der Waals surface area contributed by atoms with Gasteiger partial charge in [0.25, 0.3) is 0 Å². The number of carbonyl (C=O) groups is 3. The van der Waals surface area contributed by atoms with Crippen LogP contribution in [0, 0.1) is 17.8 Å². The summed E-state index contributed by atoms with van der Waals surface area (Å²) in [6.07, 6.45) is 4.16. The van der Waals surface area contributed by atoms with Crippen LogP contribution in [0.2, 0.25) is 0 Å². The highest BCUT2D eigenvalue weighted by molar-refractivity contribution is 6.06. The van der Waals surface area contributed by atoms with Crippen molar-refractivity contribution in [3.8, 4) is 28.1 Å². The molecule has 0 spiro atoms. The maximum Gasteiger partial charge on any atom is 0.410 e. The van der Waals surface area contributed by atoms with Crippen LogP contribution >= 0.6 is 0 Å². The van der Waals surface area contributed by atoms with Gasteiger partial charge in [0.1, 0.15) is 29.8 Å². The molecular formula is C45H52N6O7. The molecule has 2 saturated heterocycles. The number of rotatable bonds is 8. The minimum Gasteiger partial charge on any atom is -0.488 e. The van der Waals surface area contributed by atoms with E-state index in [4.69, 9.17) is 28.9 Å². The van der Waals surface area contributed by atoms with E-state index < -0.39 is 17.7 Å². The number of nitrogens with one attached hydrogen (secondary N) is 2. The van der Waals surface area contributed by atoms with E-state index in [2.05, 4.69) is 52.8 Å². The summed E-state index contributed by atoms with van der Waals surface area (Å²) in [6, 6.07) is 14.1. The highest BCUT2D eigenvalue weighted by Gasteiger charge is 2.56. The number of fused-ring (bicyclic) bond motifs is 7. The number of benzene rings is 3. The number of aliphatic imine (C=N–C) groups is 1. The van der Waals surface area contributed by atoms with Crippen LogP contribution in [-0.2, 0) is 32.0 Å². The smallest absolute Gasteiger partial charge is 0.410 e. The fraction of sp³-hybridized carbons (Fsp3) is 0.489. The molecule has 4 aromatic rings. The zero-order valence-corrected chi connectivity index (χ0v) is 34.3. The molecule has 9 rings (SSSR count). The van der Waals surface area contributed by atoms with Gasteiger partial charge in [0.05, 0.1) is 43.4 Å². The molecule has 5 heterocycles. The summed E-state index contributed by atoms with van der Waals surface area (Å²) in [6.45, 7) is 11.1. The Bertz CT molecular complexity index is 2340. The molecule has 1 aromatic heterocycles. The maximum absolute atomic E-state index is 13.9. The Morgan fingerprint density at radius 3 is 2.60 bits per heavy atom. The van der Waals surface area contributed by atoms with Crippen LogP contribution in [0.4, 0.5) is 15.3 Å². The molecule has 5 aliphatic rings. The number of hydrogen-bond donors (Lipinski definition) is 2. The average Bonchev–Trinajstić information content (AvgIpc) is 3.66. The Morgan fingerprint density at radius 1 is 1.02 bits per heavy atom.